The first-order valence-electron chi connectivity index (χ1n) is 9.48. The van der Waals surface area contributed by atoms with Gasteiger partial charge in [-0.15, -0.1) is 5.10 Å². The summed E-state index contributed by atoms with van der Waals surface area (Å²) in [7, 11) is 0. The van der Waals surface area contributed by atoms with E-state index in [1.54, 1.807) is 0 Å². The van der Waals surface area contributed by atoms with Crippen molar-refractivity contribution in [2.45, 2.75) is 26.8 Å². The van der Waals surface area contributed by atoms with E-state index in [0.717, 1.165) is 52.6 Å². The van der Waals surface area contributed by atoms with Crippen LogP contribution in [0, 0.1) is 13.8 Å². The van der Waals surface area contributed by atoms with Crippen molar-refractivity contribution >= 4 is 11.5 Å². The predicted molar refractivity (Wildman–Crippen MR) is 109 cm³/mol. The van der Waals surface area contributed by atoms with Gasteiger partial charge < -0.3 is 4.90 Å². The second kappa shape index (κ2) is 6.73. The van der Waals surface area contributed by atoms with Crippen LogP contribution in [-0.2, 0) is 13.0 Å². The van der Waals surface area contributed by atoms with Crippen LogP contribution in [0.25, 0.3) is 16.9 Å². The maximum Gasteiger partial charge on any atom is 0.274 e. The van der Waals surface area contributed by atoms with E-state index in [2.05, 4.69) is 36.2 Å². The van der Waals surface area contributed by atoms with Gasteiger partial charge in [0.05, 0.1) is 11.4 Å². The average molecular weight is 385 g/mol. The van der Waals surface area contributed by atoms with E-state index in [4.69, 9.17) is 0 Å². The Morgan fingerprint density at radius 1 is 1.03 bits per heavy atom. The van der Waals surface area contributed by atoms with Gasteiger partial charge in [-0.1, -0.05) is 0 Å². The van der Waals surface area contributed by atoms with Crippen LogP contribution >= 0.6 is 0 Å². The van der Waals surface area contributed by atoms with Crippen LogP contribution in [0.2, 0.25) is 0 Å². The van der Waals surface area contributed by atoms with E-state index in [-0.39, 0.29) is 5.56 Å². The smallest absolute Gasteiger partial charge is 0.274 e. The van der Waals surface area contributed by atoms with Crippen LogP contribution in [-0.4, -0.2) is 36.3 Å². The van der Waals surface area contributed by atoms with Crippen LogP contribution in [0.3, 0.4) is 0 Å². The van der Waals surface area contributed by atoms with Gasteiger partial charge in [0.25, 0.3) is 5.56 Å². The van der Waals surface area contributed by atoms with Crippen LogP contribution in [0.1, 0.15) is 22.5 Å². The molecule has 4 aromatic rings. The summed E-state index contributed by atoms with van der Waals surface area (Å²) < 4.78 is 1.36. The van der Waals surface area contributed by atoms with Crippen LogP contribution in [0.5, 0.6) is 0 Å². The van der Waals surface area contributed by atoms with Crippen molar-refractivity contribution in [3.8, 4) is 11.3 Å². The quantitative estimate of drug-likeness (QED) is 0.522. The van der Waals surface area contributed by atoms with E-state index in [1.807, 2.05) is 38.2 Å². The standard InChI is InChI=1S/C21H19N7O/c1-13-9-19-22-7-5-20(29)28(19)26-21(13)27-8-6-17-16(12-27)10-15(11-23-17)18-4-3-14(2)24-25-18/h3-5,7,9-11H,6,8,12H2,1-2H3. The highest BCUT2D eigenvalue weighted by Gasteiger charge is 2.21. The maximum absolute atomic E-state index is 12.2. The molecule has 144 valence electrons. The molecule has 0 atom stereocenters. The van der Waals surface area contributed by atoms with Gasteiger partial charge in [0, 0.05) is 49.2 Å². The Balaban J connectivity index is 1.52. The summed E-state index contributed by atoms with van der Waals surface area (Å²) in [6.07, 6.45) is 4.19. The second-order valence-electron chi connectivity index (χ2n) is 7.27. The molecule has 0 N–H and O–H groups in total. The Hall–Kier alpha value is -3.68. The molecule has 0 saturated carbocycles. The van der Waals surface area contributed by atoms with Gasteiger partial charge in [-0.3, -0.25) is 9.78 Å². The largest absolute Gasteiger partial charge is 0.350 e. The second-order valence-corrected chi connectivity index (χ2v) is 7.27. The minimum absolute atomic E-state index is 0.185. The van der Waals surface area contributed by atoms with Gasteiger partial charge in [0.2, 0.25) is 0 Å². The molecule has 8 heteroatoms. The van der Waals surface area contributed by atoms with Crippen molar-refractivity contribution in [2.24, 2.45) is 0 Å². The van der Waals surface area contributed by atoms with Gasteiger partial charge in [-0.25, -0.2) is 4.98 Å². The third-order valence-electron chi connectivity index (χ3n) is 5.18. The predicted octanol–water partition coefficient (Wildman–Crippen LogP) is 2.12. The number of pyridine rings is 1. The Morgan fingerprint density at radius 2 is 1.93 bits per heavy atom. The van der Waals surface area contributed by atoms with Crippen LogP contribution < -0.4 is 10.5 Å². The van der Waals surface area contributed by atoms with E-state index >= 15 is 0 Å². The summed E-state index contributed by atoms with van der Waals surface area (Å²) in [5, 5.41) is 13.0. The Bertz CT molecular complexity index is 1280. The van der Waals surface area contributed by atoms with Gasteiger partial charge in [-0.2, -0.15) is 14.7 Å². The number of aromatic nitrogens is 6. The maximum atomic E-state index is 12.2. The molecule has 0 radical (unpaired) electrons. The molecule has 1 aliphatic heterocycles. The van der Waals surface area contributed by atoms with E-state index in [0.29, 0.717) is 12.2 Å². The van der Waals surface area contributed by atoms with E-state index < -0.39 is 0 Å². The number of hydrogen-bond acceptors (Lipinski definition) is 7. The molecular formula is C21H19N7O. The number of nitrogens with zero attached hydrogens (tertiary/aromatic N) is 7. The number of aryl methyl sites for hydroxylation is 2. The minimum atomic E-state index is -0.185. The van der Waals surface area contributed by atoms with Gasteiger partial charge in [0.15, 0.2) is 11.5 Å². The Kier molecular flexibility index (Phi) is 4.04. The molecular weight excluding hydrogens is 366 g/mol. The zero-order valence-corrected chi connectivity index (χ0v) is 16.2. The monoisotopic (exact) mass is 385 g/mol. The molecule has 29 heavy (non-hydrogen) atoms. The molecule has 0 aromatic carbocycles. The van der Waals surface area contributed by atoms with Crippen molar-refractivity contribution in [1.82, 2.24) is 29.8 Å². The van der Waals surface area contributed by atoms with Crippen molar-refractivity contribution < 1.29 is 0 Å². The molecule has 0 aliphatic carbocycles. The zero-order valence-electron chi connectivity index (χ0n) is 16.2. The molecule has 0 fully saturated rings. The van der Waals surface area contributed by atoms with Crippen molar-refractivity contribution in [1.29, 1.82) is 0 Å². The van der Waals surface area contributed by atoms with Gasteiger partial charge in [-0.05, 0) is 49.2 Å². The first-order valence-corrected chi connectivity index (χ1v) is 9.48. The molecule has 4 aromatic heterocycles. The topological polar surface area (TPSA) is 89.2 Å². The van der Waals surface area contributed by atoms with Crippen molar-refractivity contribution in [2.75, 3.05) is 11.4 Å². The summed E-state index contributed by atoms with van der Waals surface area (Å²) in [5.74, 6) is 0.791. The number of rotatable bonds is 2. The Morgan fingerprint density at radius 3 is 2.76 bits per heavy atom. The zero-order chi connectivity index (χ0) is 20.0. The van der Waals surface area contributed by atoms with E-state index in [1.165, 1.54) is 16.8 Å². The lowest BCUT2D eigenvalue weighted by Gasteiger charge is -2.30. The summed E-state index contributed by atoms with van der Waals surface area (Å²) >= 11 is 0. The third-order valence-corrected chi connectivity index (χ3v) is 5.18. The summed E-state index contributed by atoms with van der Waals surface area (Å²) in [5.41, 5.74) is 6.21. The van der Waals surface area contributed by atoms with Gasteiger partial charge >= 0.3 is 0 Å². The molecule has 0 saturated heterocycles. The molecule has 5 heterocycles. The highest BCUT2D eigenvalue weighted by molar-refractivity contribution is 5.60. The minimum Gasteiger partial charge on any atom is -0.350 e. The fraction of sp³-hybridized carbons (Fsp3) is 0.238. The lowest BCUT2D eigenvalue weighted by atomic mass is 10.0. The molecule has 5 rings (SSSR count). The summed E-state index contributed by atoms with van der Waals surface area (Å²) in [6.45, 7) is 5.37. The lowest BCUT2D eigenvalue weighted by Crippen LogP contribution is -2.33. The number of hydrogen-bond donors (Lipinski definition) is 0. The molecule has 0 bridgehead atoms. The molecule has 0 spiro atoms. The van der Waals surface area contributed by atoms with Crippen molar-refractivity contribution in [3.63, 3.8) is 0 Å². The molecule has 0 unspecified atom stereocenters. The SMILES string of the molecule is Cc1ccc(-c2cnc3c(c2)CN(c2nn4c(=O)ccnc4cc2C)CC3)nn1. The first kappa shape index (κ1) is 17.4. The fourth-order valence-corrected chi connectivity index (χ4v) is 3.66. The molecule has 1 aliphatic rings. The van der Waals surface area contributed by atoms with E-state index in [9.17, 15) is 4.79 Å². The lowest BCUT2D eigenvalue weighted by molar-refractivity contribution is 0.685. The molecule has 8 nitrogen and oxygen atoms in total. The summed E-state index contributed by atoms with van der Waals surface area (Å²) in [4.78, 5) is 23.2. The average Bonchev–Trinajstić information content (AvgIpc) is 2.73. The number of fused-ring (bicyclic) bond motifs is 2. The normalized spacial score (nSPS) is 13.5. The Labute approximate surface area is 166 Å². The van der Waals surface area contributed by atoms with Gasteiger partial charge in [0.1, 0.15) is 0 Å². The van der Waals surface area contributed by atoms with Crippen LogP contribution in [0.15, 0.2) is 47.5 Å². The number of anilines is 1. The fourth-order valence-electron chi connectivity index (χ4n) is 3.66. The first-order chi connectivity index (χ1) is 14.1. The highest BCUT2D eigenvalue weighted by atomic mass is 16.1. The third kappa shape index (κ3) is 3.12. The molecule has 0 amide bonds. The highest BCUT2D eigenvalue weighted by Crippen LogP contribution is 2.27. The van der Waals surface area contributed by atoms with Crippen LogP contribution in [0.4, 0.5) is 5.82 Å². The van der Waals surface area contributed by atoms with Crippen molar-refractivity contribution in [3.05, 3.63) is 75.6 Å². The summed E-state index contributed by atoms with van der Waals surface area (Å²) in [6, 6.07) is 9.35.